The van der Waals surface area contributed by atoms with Gasteiger partial charge in [-0.1, -0.05) is 18.2 Å². The van der Waals surface area contributed by atoms with E-state index >= 15 is 0 Å². The molecule has 2 N–H and O–H groups in total. The number of carbonyl (C=O) groups excluding carboxylic acids is 1. The zero-order valence-electron chi connectivity index (χ0n) is 9.22. The molecule has 0 saturated heterocycles. The van der Waals surface area contributed by atoms with Crippen LogP contribution in [0.2, 0.25) is 0 Å². The molecule has 0 fully saturated rings. The van der Waals surface area contributed by atoms with Crippen molar-refractivity contribution in [2.45, 2.75) is 33.2 Å². The number of carbonyl (C=O) groups is 1. The third-order valence-corrected chi connectivity index (χ3v) is 2.43. The summed E-state index contributed by atoms with van der Waals surface area (Å²) in [5.41, 5.74) is 7.87. The van der Waals surface area contributed by atoms with Crippen LogP contribution in [0.4, 0.5) is 0 Å². The van der Waals surface area contributed by atoms with E-state index in [9.17, 15) is 4.79 Å². The standard InChI is InChI=1S/C12H17NO/c1-8-6-5-7-10(9(8)2)11(14)12(3,4)13/h5-7H,13H2,1-4H3. The van der Waals surface area contributed by atoms with E-state index in [0.29, 0.717) is 0 Å². The van der Waals surface area contributed by atoms with Crippen molar-refractivity contribution >= 4 is 5.78 Å². The molecule has 0 aliphatic rings. The first-order chi connectivity index (χ1) is 6.34. The lowest BCUT2D eigenvalue weighted by Crippen LogP contribution is -2.41. The Morgan fingerprint density at radius 3 is 2.36 bits per heavy atom. The van der Waals surface area contributed by atoms with Crippen molar-refractivity contribution in [2.24, 2.45) is 5.73 Å². The smallest absolute Gasteiger partial charge is 0.182 e. The van der Waals surface area contributed by atoms with E-state index in [2.05, 4.69) is 0 Å². The fourth-order valence-electron chi connectivity index (χ4n) is 1.34. The first-order valence-corrected chi connectivity index (χ1v) is 4.74. The Morgan fingerprint density at radius 2 is 1.86 bits per heavy atom. The van der Waals surface area contributed by atoms with Crippen LogP contribution in [0.25, 0.3) is 0 Å². The number of ketones is 1. The van der Waals surface area contributed by atoms with Crippen molar-refractivity contribution in [3.05, 3.63) is 34.9 Å². The van der Waals surface area contributed by atoms with Crippen LogP contribution in [0.1, 0.15) is 35.3 Å². The van der Waals surface area contributed by atoms with Gasteiger partial charge in [0.25, 0.3) is 0 Å². The van der Waals surface area contributed by atoms with Gasteiger partial charge in [0.2, 0.25) is 0 Å². The number of benzene rings is 1. The molecule has 1 aromatic rings. The Bertz CT molecular complexity index is 361. The van der Waals surface area contributed by atoms with Gasteiger partial charge in [0.05, 0.1) is 5.54 Å². The van der Waals surface area contributed by atoms with Gasteiger partial charge < -0.3 is 5.73 Å². The summed E-state index contributed by atoms with van der Waals surface area (Å²) in [6, 6.07) is 5.72. The van der Waals surface area contributed by atoms with Crippen LogP contribution >= 0.6 is 0 Å². The molecule has 0 bridgehead atoms. The van der Waals surface area contributed by atoms with Gasteiger partial charge in [-0.05, 0) is 38.8 Å². The average molecular weight is 191 g/mol. The van der Waals surface area contributed by atoms with Gasteiger partial charge in [-0.15, -0.1) is 0 Å². The Labute approximate surface area is 85.1 Å². The van der Waals surface area contributed by atoms with Gasteiger partial charge in [-0.2, -0.15) is 0 Å². The highest BCUT2D eigenvalue weighted by Crippen LogP contribution is 2.17. The second-order valence-corrected chi connectivity index (χ2v) is 4.30. The highest BCUT2D eigenvalue weighted by Gasteiger charge is 2.24. The van der Waals surface area contributed by atoms with E-state index in [-0.39, 0.29) is 5.78 Å². The first-order valence-electron chi connectivity index (χ1n) is 4.74. The molecular formula is C12H17NO. The summed E-state index contributed by atoms with van der Waals surface area (Å²) >= 11 is 0. The molecule has 0 aromatic heterocycles. The number of aryl methyl sites for hydroxylation is 1. The Morgan fingerprint density at radius 1 is 1.29 bits per heavy atom. The third-order valence-electron chi connectivity index (χ3n) is 2.43. The molecule has 0 unspecified atom stereocenters. The fraction of sp³-hybridized carbons (Fsp3) is 0.417. The minimum absolute atomic E-state index is 0.00120. The van der Waals surface area contributed by atoms with Gasteiger partial charge in [0.15, 0.2) is 5.78 Å². The molecule has 1 aromatic carbocycles. The number of hydrogen-bond acceptors (Lipinski definition) is 2. The highest BCUT2D eigenvalue weighted by molar-refractivity contribution is 6.03. The maximum atomic E-state index is 11.9. The molecular weight excluding hydrogens is 174 g/mol. The van der Waals surface area contributed by atoms with Crippen LogP contribution < -0.4 is 5.73 Å². The maximum Gasteiger partial charge on any atom is 0.182 e. The van der Waals surface area contributed by atoms with E-state index in [1.54, 1.807) is 13.8 Å². The minimum atomic E-state index is -0.793. The van der Waals surface area contributed by atoms with Gasteiger partial charge >= 0.3 is 0 Å². The van der Waals surface area contributed by atoms with E-state index in [0.717, 1.165) is 16.7 Å². The molecule has 14 heavy (non-hydrogen) atoms. The van der Waals surface area contributed by atoms with Gasteiger partial charge in [0.1, 0.15) is 0 Å². The molecule has 0 aliphatic carbocycles. The van der Waals surface area contributed by atoms with Gasteiger partial charge in [-0.25, -0.2) is 0 Å². The van der Waals surface area contributed by atoms with Crippen LogP contribution in [0.3, 0.4) is 0 Å². The predicted octanol–water partition coefficient (Wildman–Crippen LogP) is 2.22. The molecule has 0 atom stereocenters. The quantitative estimate of drug-likeness (QED) is 0.728. The second-order valence-electron chi connectivity index (χ2n) is 4.30. The van der Waals surface area contributed by atoms with Crippen LogP contribution in [0.5, 0.6) is 0 Å². The zero-order chi connectivity index (χ0) is 10.9. The molecule has 0 saturated carbocycles. The van der Waals surface area contributed by atoms with E-state index in [4.69, 9.17) is 5.73 Å². The Balaban J connectivity index is 3.21. The molecule has 2 nitrogen and oxygen atoms in total. The number of Topliss-reactive ketones (excluding diaryl/α,β-unsaturated/α-hetero) is 1. The van der Waals surface area contributed by atoms with Crippen molar-refractivity contribution in [3.8, 4) is 0 Å². The number of hydrogen-bond donors (Lipinski definition) is 1. The molecule has 76 valence electrons. The molecule has 0 heterocycles. The molecule has 2 heteroatoms. The van der Waals surface area contributed by atoms with Crippen molar-refractivity contribution < 1.29 is 4.79 Å². The summed E-state index contributed by atoms with van der Waals surface area (Å²) < 4.78 is 0. The topological polar surface area (TPSA) is 43.1 Å². The average Bonchev–Trinajstić information content (AvgIpc) is 2.07. The van der Waals surface area contributed by atoms with Crippen molar-refractivity contribution in [3.63, 3.8) is 0 Å². The summed E-state index contributed by atoms with van der Waals surface area (Å²) in [4.78, 5) is 11.9. The molecule has 0 amide bonds. The maximum absolute atomic E-state index is 11.9. The van der Waals surface area contributed by atoms with Crippen molar-refractivity contribution in [2.75, 3.05) is 0 Å². The lowest BCUT2D eigenvalue weighted by Gasteiger charge is -2.18. The third kappa shape index (κ3) is 2.02. The summed E-state index contributed by atoms with van der Waals surface area (Å²) in [6.07, 6.45) is 0. The summed E-state index contributed by atoms with van der Waals surface area (Å²) in [5.74, 6) is -0.00120. The number of rotatable bonds is 2. The van der Waals surface area contributed by atoms with E-state index in [1.807, 2.05) is 32.0 Å². The van der Waals surface area contributed by atoms with Crippen molar-refractivity contribution in [1.29, 1.82) is 0 Å². The van der Waals surface area contributed by atoms with Crippen LogP contribution in [-0.4, -0.2) is 11.3 Å². The van der Waals surface area contributed by atoms with Crippen LogP contribution in [0, 0.1) is 13.8 Å². The lowest BCUT2D eigenvalue weighted by atomic mass is 9.90. The summed E-state index contributed by atoms with van der Waals surface area (Å²) in [5, 5.41) is 0. The monoisotopic (exact) mass is 191 g/mol. The van der Waals surface area contributed by atoms with E-state index in [1.165, 1.54) is 0 Å². The SMILES string of the molecule is Cc1cccc(C(=O)C(C)(C)N)c1C. The van der Waals surface area contributed by atoms with Crippen LogP contribution in [0.15, 0.2) is 18.2 Å². The second kappa shape index (κ2) is 3.54. The first kappa shape index (κ1) is 10.9. The summed E-state index contributed by atoms with van der Waals surface area (Å²) in [7, 11) is 0. The normalized spacial score (nSPS) is 11.5. The summed E-state index contributed by atoms with van der Waals surface area (Å²) in [6.45, 7) is 7.41. The molecule has 0 spiro atoms. The Hall–Kier alpha value is -1.15. The molecule has 1 rings (SSSR count). The Kier molecular flexibility index (Phi) is 2.76. The van der Waals surface area contributed by atoms with Gasteiger partial charge in [0, 0.05) is 5.56 Å². The molecule has 0 radical (unpaired) electrons. The zero-order valence-corrected chi connectivity index (χ0v) is 9.22. The number of nitrogens with two attached hydrogens (primary N) is 1. The van der Waals surface area contributed by atoms with Crippen LogP contribution in [-0.2, 0) is 0 Å². The van der Waals surface area contributed by atoms with E-state index < -0.39 is 5.54 Å². The largest absolute Gasteiger partial charge is 0.319 e. The fourth-order valence-corrected chi connectivity index (χ4v) is 1.34. The lowest BCUT2D eigenvalue weighted by molar-refractivity contribution is 0.0913. The van der Waals surface area contributed by atoms with Crippen molar-refractivity contribution in [1.82, 2.24) is 0 Å². The van der Waals surface area contributed by atoms with Gasteiger partial charge in [-0.3, -0.25) is 4.79 Å². The minimum Gasteiger partial charge on any atom is -0.319 e. The highest BCUT2D eigenvalue weighted by atomic mass is 16.1. The molecule has 0 aliphatic heterocycles. The predicted molar refractivity (Wildman–Crippen MR) is 58.5 cm³/mol.